The predicted octanol–water partition coefficient (Wildman–Crippen LogP) is 2.71. The summed E-state index contributed by atoms with van der Waals surface area (Å²) in [5.41, 5.74) is 2.13. The number of amides is 1. The maximum Gasteiger partial charge on any atom is 0.231 e. The lowest BCUT2D eigenvalue weighted by Crippen LogP contribution is -2.53. The van der Waals surface area contributed by atoms with E-state index in [0.29, 0.717) is 26.3 Å². The Bertz CT molecular complexity index is 539. The van der Waals surface area contributed by atoms with Crippen LogP contribution < -0.4 is 0 Å². The summed E-state index contributed by atoms with van der Waals surface area (Å²) in [7, 11) is 1.68. The molecule has 1 unspecified atom stereocenters. The molecule has 1 aliphatic carbocycles. The van der Waals surface area contributed by atoms with Crippen molar-refractivity contribution >= 4 is 5.91 Å². The fraction of sp³-hybridized carbons (Fsp3) is 0.611. The number of aryl methyl sites for hydroxylation is 1. The van der Waals surface area contributed by atoms with Crippen LogP contribution in [0.4, 0.5) is 0 Å². The number of carbonyl (C=O) groups is 1. The van der Waals surface area contributed by atoms with Gasteiger partial charge in [-0.3, -0.25) is 4.79 Å². The van der Waals surface area contributed by atoms with E-state index in [0.717, 1.165) is 19.3 Å². The summed E-state index contributed by atoms with van der Waals surface area (Å²) in [6, 6.07) is 8.26. The van der Waals surface area contributed by atoms with Gasteiger partial charge in [0, 0.05) is 13.7 Å². The lowest BCUT2D eigenvalue weighted by atomic mass is 9.68. The molecule has 2 aliphatic rings. The highest BCUT2D eigenvalue weighted by molar-refractivity contribution is 5.84. The maximum absolute atomic E-state index is 12.9. The van der Waals surface area contributed by atoms with E-state index in [2.05, 4.69) is 19.1 Å². The second-order valence-corrected chi connectivity index (χ2v) is 6.53. The van der Waals surface area contributed by atoms with Gasteiger partial charge in [0.05, 0.1) is 25.2 Å². The third-order valence-electron chi connectivity index (χ3n) is 5.07. The van der Waals surface area contributed by atoms with E-state index in [-0.39, 0.29) is 17.4 Å². The van der Waals surface area contributed by atoms with Gasteiger partial charge in [0.2, 0.25) is 5.91 Å². The first kappa shape index (κ1) is 15.5. The van der Waals surface area contributed by atoms with Gasteiger partial charge >= 0.3 is 0 Å². The molecule has 22 heavy (non-hydrogen) atoms. The van der Waals surface area contributed by atoms with Gasteiger partial charge in [0.25, 0.3) is 0 Å². The summed E-state index contributed by atoms with van der Waals surface area (Å²) < 4.78 is 11.2. The number of morpholine rings is 1. The van der Waals surface area contributed by atoms with Crippen LogP contribution in [0.3, 0.4) is 0 Å². The van der Waals surface area contributed by atoms with Crippen LogP contribution in [0.15, 0.2) is 24.3 Å². The molecule has 4 heteroatoms. The maximum atomic E-state index is 12.9. The van der Waals surface area contributed by atoms with Crippen LogP contribution in [-0.2, 0) is 14.3 Å². The fourth-order valence-electron chi connectivity index (χ4n) is 3.61. The molecule has 1 aromatic carbocycles. The average molecular weight is 303 g/mol. The van der Waals surface area contributed by atoms with Crippen LogP contribution in [0, 0.1) is 12.3 Å². The van der Waals surface area contributed by atoms with E-state index >= 15 is 0 Å². The highest BCUT2D eigenvalue weighted by atomic mass is 16.5. The van der Waals surface area contributed by atoms with Gasteiger partial charge < -0.3 is 14.4 Å². The molecule has 1 aromatic rings. The Morgan fingerprint density at radius 1 is 1.41 bits per heavy atom. The molecule has 1 saturated heterocycles. The van der Waals surface area contributed by atoms with Crippen molar-refractivity contribution in [2.75, 3.05) is 33.4 Å². The number of benzene rings is 1. The molecule has 0 aromatic heterocycles. The SMILES string of the molecule is COCC1(C(=O)N2CCOC(c3ccccc3C)C2)CCC1. The van der Waals surface area contributed by atoms with Gasteiger partial charge in [-0.15, -0.1) is 0 Å². The number of carbonyl (C=O) groups excluding carboxylic acids is 1. The summed E-state index contributed by atoms with van der Waals surface area (Å²) in [6.07, 6.45) is 3.01. The third kappa shape index (κ3) is 2.77. The summed E-state index contributed by atoms with van der Waals surface area (Å²) in [6.45, 7) is 4.58. The lowest BCUT2D eigenvalue weighted by molar-refractivity contribution is -0.159. The Morgan fingerprint density at radius 3 is 2.82 bits per heavy atom. The molecular formula is C18H25NO3. The minimum Gasteiger partial charge on any atom is -0.384 e. The molecular weight excluding hydrogens is 278 g/mol. The molecule has 120 valence electrons. The van der Waals surface area contributed by atoms with Crippen molar-refractivity contribution in [1.29, 1.82) is 0 Å². The summed E-state index contributed by atoms with van der Waals surface area (Å²) in [5.74, 6) is 0.252. The third-order valence-corrected chi connectivity index (χ3v) is 5.07. The Kier molecular flexibility index (Phi) is 4.50. The monoisotopic (exact) mass is 303 g/mol. The highest BCUT2D eigenvalue weighted by Gasteiger charge is 2.47. The molecule has 1 atom stereocenters. The van der Waals surface area contributed by atoms with Gasteiger partial charge in [-0.25, -0.2) is 0 Å². The number of rotatable bonds is 4. The van der Waals surface area contributed by atoms with Crippen molar-refractivity contribution in [2.45, 2.75) is 32.3 Å². The van der Waals surface area contributed by atoms with Crippen molar-refractivity contribution in [3.63, 3.8) is 0 Å². The quantitative estimate of drug-likeness (QED) is 0.858. The molecule has 0 radical (unpaired) electrons. The number of hydrogen-bond donors (Lipinski definition) is 0. The van der Waals surface area contributed by atoms with Gasteiger partial charge in [-0.1, -0.05) is 30.7 Å². The topological polar surface area (TPSA) is 38.8 Å². The van der Waals surface area contributed by atoms with Crippen LogP contribution in [-0.4, -0.2) is 44.2 Å². The first-order valence-electron chi connectivity index (χ1n) is 8.12. The van der Waals surface area contributed by atoms with Crippen molar-refractivity contribution in [3.8, 4) is 0 Å². The van der Waals surface area contributed by atoms with E-state index in [1.54, 1.807) is 7.11 Å². The molecule has 1 heterocycles. The Balaban J connectivity index is 1.73. The smallest absolute Gasteiger partial charge is 0.231 e. The standard InChI is InChI=1S/C18H25NO3/c1-14-6-3-4-7-15(14)16-12-19(10-11-22-16)17(20)18(13-21-2)8-5-9-18/h3-4,6-7,16H,5,8-13H2,1-2H3. The van der Waals surface area contributed by atoms with Crippen LogP contribution in [0.25, 0.3) is 0 Å². The van der Waals surface area contributed by atoms with Gasteiger partial charge in [0.15, 0.2) is 0 Å². The second-order valence-electron chi connectivity index (χ2n) is 6.53. The average Bonchev–Trinajstić information content (AvgIpc) is 2.51. The minimum absolute atomic E-state index is 0.0152. The van der Waals surface area contributed by atoms with E-state index in [1.165, 1.54) is 11.1 Å². The van der Waals surface area contributed by atoms with Crippen molar-refractivity contribution < 1.29 is 14.3 Å². The van der Waals surface area contributed by atoms with E-state index in [1.807, 2.05) is 17.0 Å². The van der Waals surface area contributed by atoms with Crippen LogP contribution in [0.1, 0.15) is 36.5 Å². The zero-order valence-corrected chi connectivity index (χ0v) is 13.5. The molecule has 1 amide bonds. The number of nitrogens with zero attached hydrogens (tertiary/aromatic N) is 1. The molecule has 0 spiro atoms. The first-order valence-corrected chi connectivity index (χ1v) is 8.12. The van der Waals surface area contributed by atoms with Crippen molar-refractivity contribution in [2.24, 2.45) is 5.41 Å². The largest absolute Gasteiger partial charge is 0.384 e. The minimum atomic E-state index is -0.275. The zero-order chi connectivity index (χ0) is 15.6. The molecule has 1 aliphatic heterocycles. The Morgan fingerprint density at radius 2 is 2.18 bits per heavy atom. The number of hydrogen-bond acceptors (Lipinski definition) is 3. The van der Waals surface area contributed by atoms with Crippen LogP contribution in [0.5, 0.6) is 0 Å². The first-order chi connectivity index (χ1) is 10.7. The Hall–Kier alpha value is -1.39. The van der Waals surface area contributed by atoms with Gasteiger partial charge in [-0.2, -0.15) is 0 Å². The van der Waals surface area contributed by atoms with Gasteiger partial charge in [0.1, 0.15) is 6.10 Å². The normalized spacial score (nSPS) is 23.9. The van der Waals surface area contributed by atoms with Gasteiger partial charge in [-0.05, 0) is 30.9 Å². The second kappa shape index (κ2) is 6.39. The predicted molar refractivity (Wildman–Crippen MR) is 84.6 cm³/mol. The van der Waals surface area contributed by atoms with Crippen LogP contribution in [0.2, 0.25) is 0 Å². The molecule has 0 N–H and O–H groups in total. The highest BCUT2D eigenvalue weighted by Crippen LogP contribution is 2.43. The number of ether oxygens (including phenoxy) is 2. The summed E-state index contributed by atoms with van der Waals surface area (Å²) >= 11 is 0. The molecule has 1 saturated carbocycles. The van der Waals surface area contributed by atoms with E-state index < -0.39 is 0 Å². The summed E-state index contributed by atoms with van der Waals surface area (Å²) in [5, 5.41) is 0. The number of methoxy groups -OCH3 is 1. The van der Waals surface area contributed by atoms with E-state index in [4.69, 9.17) is 9.47 Å². The fourth-order valence-corrected chi connectivity index (χ4v) is 3.61. The molecule has 0 bridgehead atoms. The van der Waals surface area contributed by atoms with Crippen molar-refractivity contribution in [1.82, 2.24) is 4.90 Å². The lowest BCUT2D eigenvalue weighted by Gasteiger charge is -2.45. The molecule has 4 nitrogen and oxygen atoms in total. The van der Waals surface area contributed by atoms with Crippen LogP contribution >= 0.6 is 0 Å². The zero-order valence-electron chi connectivity index (χ0n) is 13.5. The van der Waals surface area contributed by atoms with Crippen molar-refractivity contribution in [3.05, 3.63) is 35.4 Å². The Labute approximate surface area is 132 Å². The summed E-state index contributed by atoms with van der Waals surface area (Å²) in [4.78, 5) is 14.9. The molecule has 2 fully saturated rings. The molecule has 3 rings (SSSR count). The van der Waals surface area contributed by atoms with E-state index in [9.17, 15) is 4.79 Å².